The van der Waals surface area contributed by atoms with Crippen molar-refractivity contribution in [3.63, 3.8) is 0 Å². The van der Waals surface area contributed by atoms with Crippen molar-refractivity contribution in [2.24, 2.45) is 0 Å². The van der Waals surface area contributed by atoms with Crippen molar-refractivity contribution in [3.05, 3.63) is 64.7 Å². The summed E-state index contributed by atoms with van der Waals surface area (Å²) in [4.78, 5) is 11.7. The number of rotatable bonds is 8. The fraction of sp³-hybridized carbons (Fsp3) is 0.278. The van der Waals surface area contributed by atoms with Crippen molar-refractivity contribution in [2.45, 2.75) is 12.7 Å². The van der Waals surface area contributed by atoms with E-state index in [4.69, 9.17) is 16.3 Å². The molecule has 0 radical (unpaired) electrons. The van der Waals surface area contributed by atoms with Crippen LogP contribution in [0.5, 0.6) is 5.75 Å². The monoisotopic (exact) mass is 349 g/mol. The molecule has 122 valence electrons. The summed E-state index contributed by atoms with van der Waals surface area (Å²) in [6.45, 7) is 2.67. The Labute approximate surface area is 146 Å². The van der Waals surface area contributed by atoms with Crippen LogP contribution in [-0.4, -0.2) is 24.8 Å². The Kier molecular flexibility index (Phi) is 7.30. The molecular weight excluding hydrogens is 330 g/mol. The van der Waals surface area contributed by atoms with Gasteiger partial charge in [-0.15, -0.1) is 0 Å². The third-order valence-electron chi connectivity index (χ3n) is 3.11. The first-order chi connectivity index (χ1) is 11.1. The molecule has 0 fully saturated rings. The van der Waals surface area contributed by atoms with Gasteiger partial charge in [0.05, 0.1) is 0 Å². The van der Waals surface area contributed by atoms with E-state index in [1.54, 1.807) is 11.8 Å². The highest BCUT2D eigenvalue weighted by molar-refractivity contribution is 7.98. The lowest BCUT2D eigenvalue weighted by Crippen LogP contribution is -2.30. The average molecular weight is 350 g/mol. The fourth-order valence-electron chi connectivity index (χ4n) is 1.94. The number of carbonyl (C=O) groups excluding carboxylic acids is 1. The first-order valence-corrected chi connectivity index (χ1v) is 8.95. The fourth-order valence-corrected chi connectivity index (χ4v) is 2.88. The van der Waals surface area contributed by atoms with E-state index < -0.39 is 0 Å². The van der Waals surface area contributed by atoms with Gasteiger partial charge in [-0.05, 0) is 42.3 Å². The van der Waals surface area contributed by atoms with E-state index in [9.17, 15) is 4.79 Å². The lowest BCUT2D eigenvalue weighted by atomic mass is 10.2. The minimum atomic E-state index is -0.0985. The maximum absolute atomic E-state index is 11.7. The average Bonchev–Trinajstić information content (AvgIpc) is 2.54. The number of nitrogens with one attached hydrogen (secondary N) is 1. The van der Waals surface area contributed by atoms with Gasteiger partial charge in [-0.25, -0.2) is 0 Å². The van der Waals surface area contributed by atoms with Gasteiger partial charge in [0.2, 0.25) is 0 Å². The van der Waals surface area contributed by atoms with Crippen LogP contribution in [0.15, 0.2) is 48.5 Å². The normalized spacial score (nSPS) is 10.3. The number of halogens is 1. The summed E-state index contributed by atoms with van der Waals surface area (Å²) >= 11 is 7.62. The number of thioether (sulfide) groups is 1. The molecule has 2 rings (SSSR count). The second-order valence-electron chi connectivity index (χ2n) is 5.13. The Morgan fingerprint density at radius 2 is 2.00 bits per heavy atom. The van der Waals surface area contributed by atoms with Gasteiger partial charge in [0.25, 0.3) is 5.91 Å². The van der Waals surface area contributed by atoms with Crippen LogP contribution < -0.4 is 10.1 Å². The molecule has 5 heteroatoms. The number of carbonyl (C=O) groups is 1. The molecule has 0 aliphatic rings. The molecule has 2 aromatic carbocycles. The molecule has 0 saturated carbocycles. The van der Waals surface area contributed by atoms with Gasteiger partial charge in [0.1, 0.15) is 5.75 Å². The van der Waals surface area contributed by atoms with E-state index in [1.807, 2.05) is 55.5 Å². The van der Waals surface area contributed by atoms with Gasteiger partial charge >= 0.3 is 0 Å². The summed E-state index contributed by atoms with van der Waals surface area (Å²) in [7, 11) is 0. The highest BCUT2D eigenvalue weighted by Gasteiger charge is 2.02. The van der Waals surface area contributed by atoms with Crippen molar-refractivity contribution in [3.8, 4) is 5.75 Å². The summed E-state index contributed by atoms with van der Waals surface area (Å²) in [5.74, 6) is 2.39. The van der Waals surface area contributed by atoms with E-state index in [-0.39, 0.29) is 12.5 Å². The summed E-state index contributed by atoms with van der Waals surface area (Å²) in [6.07, 6.45) is 0. The number of aryl methyl sites for hydroxylation is 1. The van der Waals surface area contributed by atoms with Crippen LogP contribution in [0.3, 0.4) is 0 Å². The Bertz CT molecular complexity index is 631. The molecule has 0 saturated heterocycles. The molecule has 0 heterocycles. The van der Waals surface area contributed by atoms with Crippen LogP contribution in [0, 0.1) is 6.92 Å². The van der Waals surface area contributed by atoms with Gasteiger partial charge in [0.15, 0.2) is 6.61 Å². The molecule has 0 aliphatic carbocycles. The Morgan fingerprint density at radius 3 is 2.74 bits per heavy atom. The van der Waals surface area contributed by atoms with E-state index in [0.29, 0.717) is 6.54 Å². The molecular formula is C18H20ClNO2S. The quantitative estimate of drug-likeness (QED) is 0.730. The molecule has 23 heavy (non-hydrogen) atoms. The smallest absolute Gasteiger partial charge is 0.257 e. The van der Waals surface area contributed by atoms with Crippen molar-refractivity contribution >= 4 is 29.3 Å². The van der Waals surface area contributed by atoms with E-state index >= 15 is 0 Å². The standard InChI is InChI=1S/C18H20ClNO2S/c1-14-3-2-4-17(11-14)22-12-18(21)20-9-10-23-13-15-5-7-16(19)8-6-15/h2-8,11H,9-10,12-13H2,1H3,(H,20,21). The van der Waals surface area contributed by atoms with Crippen LogP contribution in [0.2, 0.25) is 5.02 Å². The van der Waals surface area contributed by atoms with Crippen LogP contribution >= 0.6 is 23.4 Å². The molecule has 0 bridgehead atoms. The van der Waals surface area contributed by atoms with Gasteiger partial charge in [-0.2, -0.15) is 11.8 Å². The molecule has 1 N–H and O–H groups in total. The van der Waals surface area contributed by atoms with Gasteiger partial charge in [-0.3, -0.25) is 4.79 Å². The summed E-state index contributed by atoms with van der Waals surface area (Å²) in [5, 5.41) is 3.61. The second-order valence-corrected chi connectivity index (χ2v) is 6.68. The molecule has 0 aromatic heterocycles. The second kappa shape index (κ2) is 9.48. The Balaban J connectivity index is 1.57. The largest absolute Gasteiger partial charge is 0.484 e. The van der Waals surface area contributed by atoms with E-state index in [0.717, 1.165) is 27.8 Å². The third-order valence-corrected chi connectivity index (χ3v) is 4.39. The molecule has 0 aliphatic heterocycles. The topological polar surface area (TPSA) is 38.3 Å². The minimum absolute atomic E-state index is 0.0469. The zero-order valence-electron chi connectivity index (χ0n) is 13.0. The highest BCUT2D eigenvalue weighted by atomic mass is 35.5. The first kappa shape index (κ1) is 17.7. The van der Waals surface area contributed by atoms with Gasteiger partial charge in [-0.1, -0.05) is 35.9 Å². The van der Waals surface area contributed by atoms with Gasteiger partial charge in [0, 0.05) is 23.1 Å². The Hall–Kier alpha value is -1.65. The third kappa shape index (κ3) is 6.97. The zero-order chi connectivity index (χ0) is 16.5. The van der Waals surface area contributed by atoms with Crippen LogP contribution in [0.4, 0.5) is 0 Å². The maximum Gasteiger partial charge on any atom is 0.257 e. The van der Waals surface area contributed by atoms with Crippen molar-refractivity contribution in [2.75, 3.05) is 18.9 Å². The van der Waals surface area contributed by atoms with E-state index in [2.05, 4.69) is 5.32 Å². The Morgan fingerprint density at radius 1 is 1.22 bits per heavy atom. The highest BCUT2D eigenvalue weighted by Crippen LogP contribution is 2.15. The first-order valence-electron chi connectivity index (χ1n) is 7.42. The van der Waals surface area contributed by atoms with Crippen molar-refractivity contribution in [1.29, 1.82) is 0 Å². The molecule has 0 atom stereocenters. The lowest BCUT2D eigenvalue weighted by Gasteiger charge is -2.08. The number of amides is 1. The van der Waals surface area contributed by atoms with Gasteiger partial charge < -0.3 is 10.1 Å². The number of hydrogen-bond donors (Lipinski definition) is 1. The minimum Gasteiger partial charge on any atom is -0.484 e. The predicted octanol–water partition coefficient (Wildman–Crippen LogP) is 4.08. The molecule has 0 spiro atoms. The maximum atomic E-state index is 11.7. The number of hydrogen-bond acceptors (Lipinski definition) is 3. The predicted molar refractivity (Wildman–Crippen MR) is 97.3 cm³/mol. The molecule has 2 aromatic rings. The summed E-state index contributed by atoms with van der Waals surface area (Å²) < 4.78 is 5.45. The molecule has 3 nitrogen and oxygen atoms in total. The SMILES string of the molecule is Cc1cccc(OCC(=O)NCCSCc2ccc(Cl)cc2)c1. The number of ether oxygens (including phenoxy) is 1. The van der Waals surface area contributed by atoms with Crippen LogP contribution in [0.1, 0.15) is 11.1 Å². The zero-order valence-corrected chi connectivity index (χ0v) is 14.6. The summed E-state index contributed by atoms with van der Waals surface area (Å²) in [5.41, 5.74) is 2.34. The van der Waals surface area contributed by atoms with Crippen LogP contribution in [0.25, 0.3) is 0 Å². The van der Waals surface area contributed by atoms with E-state index in [1.165, 1.54) is 5.56 Å². The number of benzene rings is 2. The van der Waals surface area contributed by atoms with Crippen molar-refractivity contribution in [1.82, 2.24) is 5.32 Å². The van der Waals surface area contributed by atoms with Crippen LogP contribution in [-0.2, 0) is 10.5 Å². The van der Waals surface area contributed by atoms with Crippen molar-refractivity contribution < 1.29 is 9.53 Å². The molecule has 1 amide bonds. The summed E-state index contributed by atoms with van der Waals surface area (Å²) in [6, 6.07) is 15.5. The molecule has 0 unspecified atom stereocenters. The lowest BCUT2D eigenvalue weighted by molar-refractivity contribution is -0.122.